The van der Waals surface area contributed by atoms with E-state index >= 15 is 0 Å². The first-order chi connectivity index (χ1) is 13.3. The number of benzene rings is 1. The number of carbonyl (C=O) groups excluding carboxylic acids is 2. The number of hydrogen-bond acceptors (Lipinski definition) is 5. The first-order valence-electron chi connectivity index (χ1n) is 10.0. The molecule has 0 aromatic heterocycles. The van der Waals surface area contributed by atoms with Crippen molar-refractivity contribution >= 4 is 28.3 Å². The molecule has 6 nitrogen and oxygen atoms in total. The summed E-state index contributed by atoms with van der Waals surface area (Å²) in [6, 6.07) is 6.23. The highest BCUT2D eigenvalue weighted by Crippen LogP contribution is 2.32. The molecule has 3 rings (SSSR count). The summed E-state index contributed by atoms with van der Waals surface area (Å²) in [5.74, 6) is 0.513. The van der Waals surface area contributed by atoms with E-state index in [0.29, 0.717) is 25.3 Å². The average Bonchev–Trinajstić information content (AvgIpc) is 2.89. The number of amides is 2. The maximum Gasteiger partial charge on any atom is 0.229 e. The number of nitrogens with zero attached hydrogens (tertiary/aromatic N) is 2. The molecule has 1 unspecified atom stereocenters. The van der Waals surface area contributed by atoms with Crippen molar-refractivity contribution < 1.29 is 13.8 Å². The molecule has 0 radical (unpaired) electrons. The predicted molar refractivity (Wildman–Crippen MR) is 112 cm³/mol. The van der Waals surface area contributed by atoms with Gasteiger partial charge in [-0.2, -0.15) is 0 Å². The summed E-state index contributed by atoms with van der Waals surface area (Å²) in [6.45, 7) is 6.19. The molecular weight excluding hydrogens is 374 g/mol. The van der Waals surface area contributed by atoms with Crippen molar-refractivity contribution in [2.24, 2.45) is 5.41 Å². The number of hydrogen-bond donors (Lipinski definition) is 1. The van der Waals surface area contributed by atoms with Crippen molar-refractivity contribution in [1.29, 1.82) is 0 Å². The summed E-state index contributed by atoms with van der Waals surface area (Å²) in [4.78, 5) is 28.7. The third-order valence-corrected chi connectivity index (χ3v) is 6.87. The molecule has 0 aliphatic carbocycles. The smallest absolute Gasteiger partial charge is 0.229 e. The van der Waals surface area contributed by atoms with E-state index in [0.717, 1.165) is 42.9 Å². The van der Waals surface area contributed by atoms with Crippen LogP contribution in [0.3, 0.4) is 0 Å². The molecule has 2 amide bonds. The van der Waals surface area contributed by atoms with E-state index in [1.807, 2.05) is 25.8 Å². The number of imide groups is 1. The Hall–Kier alpha value is -1.73. The van der Waals surface area contributed by atoms with E-state index in [9.17, 15) is 13.8 Å². The maximum absolute atomic E-state index is 12.1. The number of anilines is 1. The molecule has 2 aliphatic heterocycles. The van der Waals surface area contributed by atoms with Gasteiger partial charge in [0.05, 0.1) is 27.3 Å². The van der Waals surface area contributed by atoms with Gasteiger partial charge in [-0.25, -0.2) is 0 Å². The van der Waals surface area contributed by atoms with Crippen molar-refractivity contribution in [3.8, 4) is 0 Å². The summed E-state index contributed by atoms with van der Waals surface area (Å²) in [5, 5.41) is 3.42. The number of unbranched alkanes of at least 4 members (excludes halogenated alkanes) is 1. The molecule has 2 heterocycles. The van der Waals surface area contributed by atoms with Gasteiger partial charge in [-0.15, -0.1) is 0 Å². The third-order valence-electron chi connectivity index (χ3n) is 5.43. The van der Waals surface area contributed by atoms with E-state index in [1.54, 1.807) is 0 Å². The fourth-order valence-corrected chi connectivity index (χ4v) is 5.23. The standard InChI is InChI=1S/C21H31N3O3S/c1-21(2)13-19(25)24(20(26)14-21)11-5-4-9-22-10-8-16-6-7-17-18(12-16)28(27)15-23(17)3/h6-7,12,22H,4-5,8-11,13-15H2,1-3H3. The molecule has 1 aromatic rings. The van der Waals surface area contributed by atoms with Gasteiger partial charge < -0.3 is 10.2 Å². The van der Waals surface area contributed by atoms with Crippen LogP contribution in [0.15, 0.2) is 23.1 Å². The van der Waals surface area contributed by atoms with Gasteiger partial charge in [-0.1, -0.05) is 19.9 Å². The average molecular weight is 406 g/mol. The molecule has 1 N–H and O–H groups in total. The molecule has 154 valence electrons. The Kier molecular flexibility index (Phi) is 6.55. The van der Waals surface area contributed by atoms with Crippen molar-refractivity contribution in [1.82, 2.24) is 10.2 Å². The zero-order chi connectivity index (χ0) is 20.3. The minimum atomic E-state index is -0.918. The van der Waals surface area contributed by atoms with Gasteiger partial charge in [0.15, 0.2) is 0 Å². The Bertz CT molecular complexity index is 758. The largest absolute Gasteiger partial charge is 0.361 e. The van der Waals surface area contributed by atoms with Crippen LogP contribution in [0.2, 0.25) is 0 Å². The van der Waals surface area contributed by atoms with Gasteiger partial charge in [-0.3, -0.25) is 18.7 Å². The third kappa shape index (κ3) is 5.00. The topological polar surface area (TPSA) is 69.7 Å². The lowest BCUT2D eigenvalue weighted by atomic mass is 9.82. The van der Waals surface area contributed by atoms with E-state index in [4.69, 9.17) is 0 Å². The van der Waals surface area contributed by atoms with Crippen LogP contribution in [-0.4, -0.2) is 53.5 Å². The van der Waals surface area contributed by atoms with E-state index < -0.39 is 10.8 Å². The first-order valence-corrected chi connectivity index (χ1v) is 11.4. The molecule has 0 bridgehead atoms. The second-order valence-electron chi connectivity index (χ2n) is 8.64. The summed E-state index contributed by atoms with van der Waals surface area (Å²) >= 11 is 0. The molecule has 0 saturated carbocycles. The van der Waals surface area contributed by atoms with Crippen LogP contribution >= 0.6 is 0 Å². The monoisotopic (exact) mass is 405 g/mol. The molecule has 0 spiro atoms. The fraction of sp³-hybridized carbons (Fsp3) is 0.619. The van der Waals surface area contributed by atoms with Crippen LogP contribution in [0.5, 0.6) is 0 Å². The summed E-state index contributed by atoms with van der Waals surface area (Å²) in [7, 11) is 1.05. The van der Waals surface area contributed by atoms with Crippen molar-refractivity contribution in [3.05, 3.63) is 23.8 Å². The minimum Gasteiger partial charge on any atom is -0.361 e. The second kappa shape index (κ2) is 8.74. The maximum atomic E-state index is 12.1. The predicted octanol–water partition coefficient (Wildman–Crippen LogP) is 2.29. The van der Waals surface area contributed by atoms with E-state index in [1.165, 1.54) is 10.5 Å². The summed E-state index contributed by atoms with van der Waals surface area (Å²) < 4.78 is 12.1. The number of fused-ring (bicyclic) bond motifs is 1. The Morgan fingerprint density at radius 2 is 1.82 bits per heavy atom. The van der Waals surface area contributed by atoms with Gasteiger partial charge in [0, 0.05) is 26.4 Å². The molecule has 1 atom stereocenters. The summed E-state index contributed by atoms with van der Waals surface area (Å²) in [6.07, 6.45) is 3.57. The normalized spacial score (nSPS) is 21.3. The lowest BCUT2D eigenvalue weighted by Crippen LogP contribution is -2.46. The van der Waals surface area contributed by atoms with Crippen LogP contribution < -0.4 is 10.2 Å². The van der Waals surface area contributed by atoms with Gasteiger partial charge >= 0.3 is 0 Å². The lowest BCUT2D eigenvalue weighted by molar-refractivity contribution is -0.152. The molecule has 1 saturated heterocycles. The Morgan fingerprint density at radius 3 is 2.54 bits per heavy atom. The van der Waals surface area contributed by atoms with E-state index in [-0.39, 0.29) is 17.2 Å². The molecular formula is C21H31N3O3S. The number of piperidine rings is 1. The number of rotatable bonds is 8. The Balaban J connectivity index is 1.33. The fourth-order valence-electron chi connectivity index (χ4n) is 3.86. The molecule has 28 heavy (non-hydrogen) atoms. The number of carbonyl (C=O) groups is 2. The molecule has 2 aliphatic rings. The van der Waals surface area contributed by atoms with Crippen LogP contribution in [0.4, 0.5) is 5.69 Å². The SMILES string of the molecule is CN1CS(=O)c2cc(CCNCCCCN3C(=O)CC(C)(C)CC3=O)ccc21. The Labute approximate surface area is 170 Å². The zero-order valence-electron chi connectivity index (χ0n) is 17.1. The highest BCUT2D eigenvalue weighted by atomic mass is 32.2. The number of likely N-dealkylation sites (tertiary alicyclic amines) is 1. The quantitative estimate of drug-likeness (QED) is 0.531. The van der Waals surface area contributed by atoms with Crippen molar-refractivity contribution in [2.75, 3.05) is 37.5 Å². The van der Waals surface area contributed by atoms with Gasteiger partial charge in [0.1, 0.15) is 0 Å². The highest BCUT2D eigenvalue weighted by molar-refractivity contribution is 7.85. The van der Waals surface area contributed by atoms with Crippen LogP contribution in [0.1, 0.15) is 45.1 Å². The van der Waals surface area contributed by atoms with Crippen LogP contribution in [0.25, 0.3) is 0 Å². The van der Waals surface area contributed by atoms with Crippen LogP contribution in [-0.2, 0) is 26.8 Å². The van der Waals surface area contributed by atoms with Gasteiger partial charge in [-0.05, 0) is 55.5 Å². The second-order valence-corrected chi connectivity index (χ2v) is 10.0. The van der Waals surface area contributed by atoms with Gasteiger partial charge in [0.25, 0.3) is 0 Å². The number of nitrogens with one attached hydrogen (secondary N) is 1. The van der Waals surface area contributed by atoms with E-state index in [2.05, 4.69) is 23.5 Å². The van der Waals surface area contributed by atoms with Crippen molar-refractivity contribution in [2.45, 2.75) is 50.8 Å². The molecule has 1 aromatic carbocycles. The molecule has 1 fully saturated rings. The Morgan fingerprint density at radius 1 is 1.11 bits per heavy atom. The van der Waals surface area contributed by atoms with Crippen LogP contribution in [0, 0.1) is 5.41 Å². The molecule has 7 heteroatoms. The first kappa shape index (κ1) is 21.0. The van der Waals surface area contributed by atoms with Crippen molar-refractivity contribution in [3.63, 3.8) is 0 Å². The minimum absolute atomic E-state index is 0.0335. The lowest BCUT2D eigenvalue weighted by Gasteiger charge is -2.34. The zero-order valence-corrected chi connectivity index (χ0v) is 17.9. The summed E-state index contributed by atoms with van der Waals surface area (Å²) in [5.41, 5.74) is 2.06. The van der Waals surface area contributed by atoms with Gasteiger partial charge in [0.2, 0.25) is 11.8 Å². The highest BCUT2D eigenvalue weighted by Gasteiger charge is 2.36.